The van der Waals surface area contributed by atoms with Crippen molar-refractivity contribution in [3.8, 4) is 0 Å². The van der Waals surface area contributed by atoms with Crippen LogP contribution in [0.1, 0.15) is 43.7 Å². The molecule has 1 aliphatic heterocycles. The van der Waals surface area contributed by atoms with Crippen LogP contribution in [0.2, 0.25) is 0 Å². The Morgan fingerprint density at radius 1 is 1.12 bits per heavy atom. The SMILES string of the molecule is Cc1cccc(N2N=C(C(=O)Nc3ccc(C(C)C)cc3)CCC2=O)c1. The summed E-state index contributed by atoms with van der Waals surface area (Å²) in [6.45, 7) is 6.21. The van der Waals surface area contributed by atoms with Gasteiger partial charge in [-0.15, -0.1) is 0 Å². The Hall–Kier alpha value is -2.95. The molecule has 134 valence electrons. The third-order valence-electron chi connectivity index (χ3n) is 4.38. The molecule has 1 heterocycles. The van der Waals surface area contributed by atoms with Gasteiger partial charge in [0.25, 0.3) is 5.91 Å². The van der Waals surface area contributed by atoms with Gasteiger partial charge in [0.2, 0.25) is 5.91 Å². The molecule has 5 nitrogen and oxygen atoms in total. The van der Waals surface area contributed by atoms with Crippen LogP contribution in [0.3, 0.4) is 0 Å². The first-order chi connectivity index (χ1) is 12.4. The van der Waals surface area contributed by atoms with E-state index in [0.717, 1.165) is 11.3 Å². The van der Waals surface area contributed by atoms with E-state index in [4.69, 9.17) is 0 Å². The highest BCUT2D eigenvalue weighted by Crippen LogP contribution is 2.22. The highest BCUT2D eigenvalue weighted by molar-refractivity contribution is 6.44. The molecule has 0 aliphatic carbocycles. The summed E-state index contributed by atoms with van der Waals surface area (Å²) in [5.41, 5.74) is 4.02. The maximum Gasteiger partial charge on any atom is 0.271 e. The van der Waals surface area contributed by atoms with Crippen LogP contribution in [-0.4, -0.2) is 17.5 Å². The summed E-state index contributed by atoms with van der Waals surface area (Å²) in [5.74, 6) is 0.0669. The van der Waals surface area contributed by atoms with Crippen molar-refractivity contribution in [2.45, 2.75) is 39.5 Å². The number of nitrogens with one attached hydrogen (secondary N) is 1. The zero-order chi connectivity index (χ0) is 18.7. The molecule has 2 amide bonds. The highest BCUT2D eigenvalue weighted by atomic mass is 16.2. The standard InChI is InChI=1S/C21H23N3O2/c1-14(2)16-7-9-17(10-8-16)22-21(26)19-11-12-20(25)24(23-19)18-6-4-5-15(3)13-18/h4-10,13-14H,11-12H2,1-3H3,(H,22,26). The van der Waals surface area contributed by atoms with E-state index >= 15 is 0 Å². The zero-order valence-electron chi connectivity index (χ0n) is 15.3. The Balaban J connectivity index is 1.78. The van der Waals surface area contributed by atoms with E-state index in [0.29, 0.717) is 23.7 Å². The summed E-state index contributed by atoms with van der Waals surface area (Å²) in [6.07, 6.45) is 0.615. The minimum atomic E-state index is -0.271. The molecule has 1 N–H and O–H groups in total. The van der Waals surface area contributed by atoms with Gasteiger partial charge >= 0.3 is 0 Å². The predicted octanol–water partition coefficient (Wildman–Crippen LogP) is 4.24. The summed E-state index contributed by atoms with van der Waals surface area (Å²) in [6, 6.07) is 15.3. The van der Waals surface area contributed by atoms with Crippen molar-refractivity contribution < 1.29 is 9.59 Å². The monoisotopic (exact) mass is 349 g/mol. The van der Waals surface area contributed by atoms with Crippen molar-refractivity contribution >= 4 is 28.9 Å². The average Bonchev–Trinajstić information content (AvgIpc) is 2.62. The van der Waals surface area contributed by atoms with Gasteiger partial charge in [0.05, 0.1) is 5.69 Å². The largest absolute Gasteiger partial charge is 0.321 e. The van der Waals surface area contributed by atoms with Gasteiger partial charge in [0.1, 0.15) is 5.71 Å². The van der Waals surface area contributed by atoms with Gasteiger partial charge in [0, 0.05) is 18.5 Å². The van der Waals surface area contributed by atoms with Crippen molar-refractivity contribution in [3.63, 3.8) is 0 Å². The summed E-state index contributed by atoms with van der Waals surface area (Å²) < 4.78 is 0. The lowest BCUT2D eigenvalue weighted by Gasteiger charge is -2.23. The van der Waals surface area contributed by atoms with Gasteiger partial charge in [-0.05, 0) is 48.2 Å². The molecule has 3 rings (SSSR count). The van der Waals surface area contributed by atoms with Gasteiger partial charge < -0.3 is 5.32 Å². The van der Waals surface area contributed by atoms with Crippen molar-refractivity contribution in [1.29, 1.82) is 0 Å². The third kappa shape index (κ3) is 3.99. The van der Waals surface area contributed by atoms with Crippen LogP contribution in [0.25, 0.3) is 0 Å². The lowest BCUT2D eigenvalue weighted by Crippen LogP contribution is -2.36. The fraction of sp³-hybridized carbons (Fsp3) is 0.286. The number of rotatable bonds is 4. The number of benzene rings is 2. The van der Waals surface area contributed by atoms with Crippen LogP contribution in [0.15, 0.2) is 53.6 Å². The van der Waals surface area contributed by atoms with Gasteiger partial charge in [-0.25, -0.2) is 5.01 Å². The Labute approximate surface area is 153 Å². The van der Waals surface area contributed by atoms with E-state index < -0.39 is 0 Å². The second-order valence-corrected chi connectivity index (χ2v) is 6.82. The summed E-state index contributed by atoms with van der Waals surface area (Å²) >= 11 is 0. The zero-order valence-corrected chi connectivity index (χ0v) is 15.3. The first-order valence-corrected chi connectivity index (χ1v) is 8.82. The highest BCUT2D eigenvalue weighted by Gasteiger charge is 2.25. The Kier molecular flexibility index (Phi) is 5.16. The van der Waals surface area contributed by atoms with E-state index in [1.54, 1.807) is 0 Å². The van der Waals surface area contributed by atoms with E-state index in [2.05, 4.69) is 24.3 Å². The van der Waals surface area contributed by atoms with Crippen LogP contribution < -0.4 is 10.3 Å². The fourth-order valence-electron chi connectivity index (χ4n) is 2.83. The topological polar surface area (TPSA) is 61.8 Å². The first kappa shape index (κ1) is 17.9. The van der Waals surface area contributed by atoms with Crippen LogP contribution in [-0.2, 0) is 9.59 Å². The molecule has 26 heavy (non-hydrogen) atoms. The quantitative estimate of drug-likeness (QED) is 0.897. The molecular formula is C21H23N3O2. The molecule has 0 saturated carbocycles. The minimum absolute atomic E-state index is 0.103. The number of carbonyl (C=O) groups is 2. The van der Waals surface area contributed by atoms with Gasteiger partial charge in [-0.2, -0.15) is 5.10 Å². The summed E-state index contributed by atoms with van der Waals surface area (Å²) in [7, 11) is 0. The number of hydrogen-bond acceptors (Lipinski definition) is 3. The van der Waals surface area contributed by atoms with Crippen LogP contribution >= 0.6 is 0 Å². The number of aryl methyl sites for hydroxylation is 1. The molecular weight excluding hydrogens is 326 g/mol. The lowest BCUT2D eigenvalue weighted by molar-refractivity contribution is -0.118. The van der Waals surface area contributed by atoms with Crippen molar-refractivity contribution in [1.82, 2.24) is 0 Å². The van der Waals surface area contributed by atoms with Gasteiger partial charge in [0.15, 0.2) is 0 Å². The van der Waals surface area contributed by atoms with Crippen LogP contribution in [0, 0.1) is 6.92 Å². The smallest absolute Gasteiger partial charge is 0.271 e. The second kappa shape index (κ2) is 7.52. The molecule has 2 aromatic carbocycles. The maximum atomic E-state index is 12.6. The molecule has 1 aliphatic rings. The summed E-state index contributed by atoms with van der Waals surface area (Å²) in [5, 5.41) is 8.50. The predicted molar refractivity (Wildman–Crippen MR) is 104 cm³/mol. The molecule has 0 bridgehead atoms. The van der Waals surface area contributed by atoms with Crippen molar-refractivity contribution in [2.75, 3.05) is 10.3 Å². The molecule has 5 heteroatoms. The number of hydrazone groups is 1. The minimum Gasteiger partial charge on any atom is -0.321 e. The van der Waals surface area contributed by atoms with Crippen molar-refractivity contribution in [3.05, 3.63) is 59.7 Å². The molecule has 0 spiro atoms. The van der Waals surface area contributed by atoms with E-state index in [-0.39, 0.29) is 18.2 Å². The van der Waals surface area contributed by atoms with E-state index in [9.17, 15) is 9.59 Å². The van der Waals surface area contributed by atoms with Crippen LogP contribution in [0.4, 0.5) is 11.4 Å². The van der Waals surface area contributed by atoms with E-state index in [1.165, 1.54) is 10.6 Å². The lowest BCUT2D eigenvalue weighted by atomic mass is 10.0. The van der Waals surface area contributed by atoms with Crippen LogP contribution in [0.5, 0.6) is 0 Å². The molecule has 0 unspecified atom stereocenters. The normalized spacial score (nSPS) is 14.4. The van der Waals surface area contributed by atoms with E-state index in [1.807, 2.05) is 55.5 Å². The molecule has 0 fully saturated rings. The third-order valence-corrected chi connectivity index (χ3v) is 4.38. The first-order valence-electron chi connectivity index (χ1n) is 8.82. The molecule has 0 radical (unpaired) electrons. The van der Waals surface area contributed by atoms with Crippen molar-refractivity contribution in [2.24, 2.45) is 5.10 Å². The molecule has 0 saturated heterocycles. The number of anilines is 2. The summed E-state index contributed by atoms with van der Waals surface area (Å²) in [4.78, 5) is 24.8. The number of nitrogens with zero attached hydrogens (tertiary/aromatic N) is 2. The molecule has 0 aromatic heterocycles. The Morgan fingerprint density at radius 2 is 1.85 bits per heavy atom. The average molecular weight is 349 g/mol. The maximum absolute atomic E-state index is 12.6. The molecule has 0 atom stereocenters. The number of hydrogen-bond donors (Lipinski definition) is 1. The number of carbonyl (C=O) groups excluding carboxylic acids is 2. The number of amides is 2. The van der Waals surface area contributed by atoms with Gasteiger partial charge in [-0.1, -0.05) is 38.1 Å². The Bertz CT molecular complexity index is 854. The second-order valence-electron chi connectivity index (χ2n) is 6.82. The fourth-order valence-corrected chi connectivity index (χ4v) is 2.83. The molecule has 2 aromatic rings. The van der Waals surface area contributed by atoms with Gasteiger partial charge in [-0.3, -0.25) is 9.59 Å². The Morgan fingerprint density at radius 3 is 2.50 bits per heavy atom.